The maximum Gasteiger partial charge on any atom is 0.228 e. The van der Waals surface area contributed by atoms with Gasteiger partial charge in [-0.15, -0.1) is 0 Å². The molecule has 9 nitrogen and oxygen atoms in total. The van der Waals surface area contributed by atoms with Crippen molar-refractivity contribution in [3.63, 3.8) is 0 Å². The van der Waals surface area contributed by atoms with Crippen molar-refractivity contribution in [2.24, 2.45) is 7.05 Å². The third kappa shape index (κ3) is 4.80. The van der Waals surface area contributed by atoms with Crippen LogP contribution in [0.15, 0.2) is 73.4 Å². The number of hydrogen-bond donors (Lipinski definition) is 0. The van der Waals surface area contributed by atoms with Crippen molar-refractivity contribution in [3.05, 3.63) is 85.0 Å². The van der Waals surface area contributed by atoms with Gasteiger partial charge in [-0.3, -0.25) is 19.4 Å². The fourth-order valence-electron chi connectivity index (χ4n) is 4.67. The zero-order chi connectivity index (χ0) is 26.1. The largest absolute Gasteiger partial charge is 0.353 e. The van der Waals surface area contributed by atoms with Crippen molar-refractivity contribution in [1.29, 1.82) is 0 Å². The lowest BCUT2D eigenvalue weighted by atomic mass is 10.1. The van der Waals surface area contributed by atoms with Crippen molar-refractivity contribution < 1.29 is 9.18 Å². The van der Waals surface area contributed by atoms with Gasteiger partial charge < -0.3 is 9.80 Å². The normalized spacial score (nSPS) is 13.7. The van der Waals surface area contributed by atoms with Crippen LogP contribution in [0.5, 0.6) is 0 Å². The molecule has 0 bridgehead atoms. The van der Waals surface area contributed by atoms with E-state index in [9.17, 15) is 9.18 Å². The van der Waals surface area contributed by atoms with E-state index in [1.807, 2.05) is 54.7 Å². The molecule has 1 amide bonds. The molecular weight excluding hydrogens is 483 g/mol. The lowest BCUT2D eigenvalue weighted by Crippen LogP contribution is -2.49. The molecule has 6 heterocycles. The van der Waals surface area contributed by atoms with Gasteiger partial charge in [0.1, 0.15) is 11.6 Å². The molecule has 0 unspecified atom stereocenters. The minimum absolute atomic E-state index is 0.00729. The maximum absolute atomic E-state index is 13.1. The third-order valence-electron chi connectivity index (χ3n) is 6.70. The molecule has 1 aliphatic rings. The predicted octanol–water partition coefficient (Wildman–Crippen LogP) is 3.52. The lowest BCUT2D eigenvalue weighted by Gasteiger charge is -2.35. The number of halogens is 1. The van der Waals surface area contributed by atoms with Gasteiger partial charge >= 0.3 is 0 Å². The smallest absolute Gasteiger partial charge is 0.228 e. The van der Waals surface area contributed by atoms with Crippen LogP contribution in [0.3, 0.4) is 0 Å². The Bertz CT molecular complexity index is 1590. The Hall–Kier alpha value is -4.73. The van der Waals surface area contributed by atoms with E-state index in [4.69, 9.17) is 9.97 Å². The van der Waals surface area contributed by atoms with E-state index in [0.717, 1.165) is 45.4 Å². The summed E-state index contributed by atoms with van der Waals surface area (Å²) < 4.78 is 14.8. The van der Waals surface area contributed by atoms with Gasteiger partial charge in [0.2, 0.25) is 5.91 Å². The van der Waals surface area contributed by atoms with Crippen LogP contribution in [0.2, 0.25) is 0 Å². The second-order valence-corrected chi connectivity index (χ2v) is 9.25. The summed E-state index contributed by atoms with van der Waals surface area (Å²) in [6.07, 6.45) is 8.66. The monoisotopic (exact) mass is 508 g/mol. The molecule has 6 rings (SSSR count). The van der Waals surface area contributed by atoms with E-state index in [0.29, 0.717) is 31.9 Å². The molecule has 5 aromatic rings. The fourth-order valence-corrected chi connectivity index (χ4v) is 4.67. The number of pyridine rings is 4. The molecule has 0 saturated carbocycles. The van der Waals surface area contributed by atoms with Gasteiger partial charge in [-0.1, -0.05) is 0 Å². The van der Waals surface area contributed by atoms with E-state index < -0.39 is 5.82 Å². The van der Waals surface area contributed by atoms with E-state index >= 15 is 0 Å². The lowest BCUT2D eigenvalue weighted by molar-refractivity contribution is -0.130. The van der Waals surface area contributed by atoms with Gasteiger partial charge in [-0.25, -0.2) is 14.4 Å². The fraction of sp³-hybridized carbons (Fsp3) is 0.214. The molecule has 0 N–H and O–H groups in total. The molecule has 1 saturated heterocycles. The molecular formula is C28H25FN8O. The summed E-state index contributed by atoms with van der Waals surface area (Å²) >= 11 is 0. The molecule has 38 heavy (non-hydrogen) atoms. The number of anilines is 1. The van der Waals surface area contributed by atoms with E-state index in [1.54, 1.807) is 23.1 Å². The van der Waals surface area contributed by atoms with Crippen LogP contribution in [0, 0.1) is 5.82 Å². The third-order valence-corrected chi connectivity index (χ3v) is 6.70. The van der Waals surface area contributed by atoms with Crippen molar-refractivity contribution in [2.75, 3.05) is 31.1 Å². The standard InChI is InChI=1S/C28H25FN8O/c1-35-18-20(16-33-35)24-14-25-23(3-2-8-30-25)28(34-24)19-4-7-26(32-15-19)36-9-11-37(12-10-36)27(38)13-22-6-5-21(29)17-31-22/h2-8,14-18H,9-13H2,1H3. The average Bonchev–Trinajstić information content (AvgIpc) is 3.40. The molecule has 0 aliphatic carbocycles. The molecule has 190 valence electrons. The van der Waals surface area contributed by atoms with Crippen LogP contribution in [0.25, 0.3) is 33.4 Å². The number of fused-ring (bicyclic) bond motifs is 1. The first-order valence-electron chi connectivity index (χ1n) is 12.4. The molecule has 0 radical (unpaired) electrons. The zero-order valence-corrected chi connectivity index (χ0v) is 20.8. The highest BCUT2D eigenvalue weighted by molar-refractivity contribution is 5.94. The summed E-state index contributed by atoms with van der Waals surface area (Å²) in [6, 6.07) is 12.8. The molecule has 0 atom stereocenters. The predicted molar refractivity (Wildman–Crippen MR) is 142 cm³/mol. The zero-order valence-electron chi connectivity index (χ0n) is 20.8. The maximum atomic E-state index is 13.1. The highest BCUT2D eigenvalue weighted by atomic mass is 19.1. The Labute approximate surface area is 218 Å². The van der Waals surface area contributed by atoms with Gasteiger partial charge in [0.25, 0.3) is 0 Å². The summed E-state index contributed by atoms with van der Waals surface area (Å²) in [5.74, 6) is 0.439. The number of carbonyl (C=O) groups excluding carboxylic acids is 1. The van der Waals surface area contributed by atoms with Crippen molar-refractivity contribution in [1.82, 2.24) is 34.6 Å². The Morgan fingerprint density at radius 1 is 0.947 bits per heavy atom. The Balaban J connectivity index is 1.18. The van der Waals surface area contributed by atoms with Crippen LogP contribution < -0.4 is 4.90 Å². The molecule has 0 spiro atoms. The highest BCUT2D eigenvalue weighted by Crippen LogP contribution is 2.30. The number of rotatable bonds is 5. The number of carbonyl (C=O) groups is 1. The second kappa shape index (κ2) is 9.97. The van der Waals surface area contributed by atoms with E-state index in [-0.39, 0.29) is 12.3 Å². The summed E-state index contributed by atoms with van der Waals surface area (Å²) in [4.78, 5) is 34.9. The Morgan fingerprint density at radius 2 is 1.82 bits per heavy atom. The minimum atomic E-state index is -0.407. The van der Waals surface area contributed by atoms with Crippen molar-refractivity contribution >= 4 is 22.6 Å². The first-order chi connectivity index (χ1) is 18.5. The Morgan fingerprint density at radius 3 is 2.53 bits per heavy atom. The molecule has 10 heteroatoms. The average molecular weight is 509 g/mol. The van der Waals surface area contributed by atoms with Crippen LogP contribution in [-0.2, 0) is 18.3 Å². The van der Waals surface area contributed by atoms with Gasteiger partial charge in [0.15, 0.2) is 0 Å². The van der Waals surface area contributed by atoms with Crippen LogP contribution in [-0.4, -0.2) is 66.7 Å². The van der Waals surface area contributed by atoms with Crippen LogP contribution in [0.1, 0.15) is 5.69 Å². The number of aromatic nitrogens is 6. The van der Waals surface area contributed by atoms with Crippen LogP contribution in [0.4, 0.5) is 10.2 Å². The molecule has 5 aromatic heterocycles. The van der Waals surface area contributed by atoms with Gasteiger partial charge in [0.05, 0.1) is 35.7 Å². The number of amides is 1. The van der Waals surface area contributed by atoms with Crippen molar-refractivity contribution in [3.8, 4) is 22.5 Å². The topological polar surface area (TPSA) is 92.9 Å². The number of nitrogens with zero attached hydrogens (tertiary/aromatic N) is 8. The highest BCUT2D eigenvalue weighted by Gasteiger charge is 2.22. The first kappa shape index (κ1) is 23.7. The summed E-state index contributed by atoms with van der Waals surface area (Å²) in [5, 5.41) is 5.23. The molecule has 0 aromatic carbocycles. The van der Waals surface area contributed by atoms with Crippen molar-refractivity contribution in [2.45, 2.75) is 6.42 Å². The summed E-state index contributed by atoms with van der Waals surface area (Å²) in [6.45, 7) is 2.54. The Kier molecular flexibility index (Phi) is 6.20. The number of aryl methyl sites for hydroxylation is 1. The summed E-state index contributed by atoms with van der Waals surface area (Å²) in [5.41, 5.74) is 4.88. The van der Waals surface area contributed by atoms with Gasteiger partial charge in [-0.05, 0) is 42.5 Å². The van der Waals surface area contributed by atoms with Crippen LogP contribution >= 0.6 is 0 Å². The van der Waals surface area contributed by atoms with E-state index in [2.05, 4.69) is 20.0 Å². The number of hydrogen-bond acceptors (Lipinski definition) is 7. The van der Waals surface area contributed by atoms with Gasteiger partial charge in [-0.2, -0.15) is 5.10 Å². The van der Waals surface area contributed by atoms with E-state index in [1.165, 1.54) is 6.07 Å². The van der Waals surface area contributed by atoms with Gasteiger partial charge in [0, 0.05) is 74.0 Å². The minimum Gasteiger partial charge on any atom is -0.353 e. The first-order valence-corrected chi connectivity index (χ1v) is 12.4. The quantitative estimate of drug-likeness (QED) is 0.359. The number of piperazine rings is 1. The molecule has 1 fully saturated rings. The second-order valence-electron chi connectivity index (χ2n) is 9.25. The molecule has 1 aliphatic heterocycles. The summed E-state index contributed by atoms with van der Waals surface area (Å²) in [7, 11) is 1.88. The SMILES string of the molecule is Cn1cc(-c2cc3ncccc3c(-c3ccc(N4CCN(C(=O)Cc5ccc(F)cn5)CC4)nc3)n2)cn1.